The minimum absolute atomic E-state index is 0.0215. The molecule has 1 atom stereocenters. The first kappa shape index (κ1) is 23.5. The van der Waals surface area contributed by atoms with Crippen molar-refractivity contribution in [3.05, 3.63) is 57.8 Å². The molecule has 1 aliphatic heterocycles. The Morgan fingerprint density at radius 1 is 1.10 bits per heavy atom. The molecule has 168 valence electrons. The largest absolute Gasteiger partial charge is 0.376 e. The molecule has 0 spiro atoms. The molecule has 31 heavy (non-hydrogen) atoms. The number of benzene rings is 1. The highest BCUT2D eigenvalue weighted by Gasteiger charge is 2.27. The van der Waals surface area contributed by atoms with Gasteiger partial charge in [-0.3, -0.25) is 9.59 Å². The lowest BCUT2D eigenvalue weighted by Crippen LogP contribution is -2.45. The number of carbonyl (C=O) groups is 2. The van der Waals surface area contributed by atoms with Crippen molar-refractivity contribution in [2.24, 2.45) is 5.92 Å². The van der Waals surface area contributed by atoms with Crippen LogP contribution in [0.1, 0.15) is 49.1 Å². The van der Waals surface area contributed by atoms with Crippen LogP contribution in [-0.4, -0.2) is 47.4 Å². The van der Waals surface area contributed by atoms with E-state index in [-0.39, 0.29) is 30.4 Å². The third-order valence-corrected chi connectivity index (χ3v) is 6.59. The van der Waals surface area contributed by atoms with Crippen molar-refractivity contribution in [3.63, 3.8) is 0 Å². The molecule has 0 bridgehead atoms. The third-order valence-electron chi connectivity index (χ3n) is 5.58. The van der Waals surface area contributed by atoms with E-state index in [1.807, 2.05) is 49.1 Å². The van der Waals surface area contributed by atoms with Gasteiger partial charge in [0.2, 0.25) is 11.8 Å². The molecule has 1 saturated heterocycles. The molecule has 5 nitrogen and oxygen atoms in total. The average Bonchev–Trinajstić information content (AvgIpc) is 3.39. The number of hydrogen-bond donors (Lipinski definition) is 0. The Bertz CT molecular complexity index is 843. The molecule has 2 heterocycles. The minimum atomic E-state index is -0.0215. The highest BCUT2D eigenvalue weighted by Crippen LogP contribution is 2.20. The highest BCUT2D eigenvalue weighted by atomic mass is 32.1. The first-order chi connectivity index (χ1) is 14.9. The number of hydrogen-bond acceptors (Lipinski definition) is 4. The van der Waals surface area contributed by atoms with Crippen LogP contribution in [0.2, 0.25) is 0 Å². The van der Waals surface area contributed by atoms with Crippen molar-refractivity contribution in [3.8, 4) is 0 Å². The Labute approximate surface area is 190 Å². The van der Waals surface area contributed by atoms with E-state index >= 15 is 0 Å². The second-order valence-corrected chi connectivity index (χ2v) is 9.77. The molecule has 0 saturated carbocycles. The van der Waals surface area contributed by atoms with Gasteiger partial charge in [-0.25, -0.2) is 0 Å². The van der Waals surface area contributed by atoms with Crippen LogP contribution in [0.3, 0.4) is 0 Å². The predicted molar refractivity (Wildman–Crippen MR) is 125 cm³/mol. The Morgan fingerprint density at radius 3 is 2.48 bits per heavy atom. The summed E-state index contributed by atoms with van der Waals surface area (Å²) < 4.78 is 5.76. The van der Waals surface area contributed by atoms with Gasteiger partial charge in [0, 0.05) is 31.0 Å². The van der Waals surface area contributed by atoms with Crippen LogP contribution in [0.5, 0.6) is 0 Å². The topological polar surface area (TPSA) is 49.9 Å². The summed E-state index contributed by atoms with van der Waals surface area (Å²) in [6, 6.07) is 12.1. The van der Waals surface area contributed by atoms with Crippen molar-refractivity contribution in [1.82, 2.24) is 9.80 Å². The smallest absolute Gasteiger partial charge is 0.242 e. The molecule has 0 N–H and O–H groups in total. The second kappa shape index (κ2) is 11.4. The van der Waals surface area contributed by atoms with Crippen LogP contribution in [0, 0.1) is 12.8 Å². The van der Waals surface area contributed by atoms with E-state index in [9.17, 15) is 9.59 Å². The van der Waals surface area contributed by atoms with E-state index in [0.29, 0.717) is 26.1 Å². The molecule has 1 aromatic carbocycles. The maximum Gasteiger partial charge on any atom is 0.242 e. The monoisotopic (exact) mass is 442 g/mol. The number of ether oxygens (including phenoxy) is 1. The van der Waals surface area contributed by atoms with Gasteiger partial charge < -0.3 is 14.5 Å². The van der Waals surface area contributed by atoms with E-state index in [1.165, 1.54) is 10.4 Å². The van der Waals surface area contributed by atoms with E-state index in [0.717, 1.165) is 25.0 Å². The fourth-order valence-corrected chi connectivity index (χ4v) is 4.73. The van der Waals surface area contributed by atoms with Gasteiger partial charge in [0.15, 0.2) is 0 Å². The van der Waals surface area contributed by atoms with Gasteiger partial charge in [0.25, 0.3) is 0 Å². The summed E-state index contributed by atoms with van der Waals surface area (Å²) in [4.78, 5) is 31.2. The van der Waals surface area contributed by atoms with E-state index in [1.54, 1.807) is 16.2 Å². The number of nitrogens with zero attached hydrogens (tertiary/aromatic N) is 2. The Balaban J connectivity index is 1.75. The molecule has 0 radical (unpaired) electrons. The third kappa shape index (κ3) is 7.18. The number of carbonyl (C=O) groups excluding carboxylic acids is 2. The van der Waals surface area contributed by atoms with Gasteiger partial charge >= 0.3 is 0 Å². The molecule has 1 unspecified atom stereocenters. The van der Waals surface area contributed by atoms with Crippen LogP contribution in [-0.2, 0) is 27.4 Å². The van der Waals surface area contributed by atoms with E-state index in [4.69, 9.17) is 4.74 Å². The minimum Gasteiger partial charge on any atom is -0.376 e. The fraction of sp³-hybridized carbons (Fsp3) is 0.520. The first-order valence-electron chi connectivity index (χ1n) is 11.2. The van der Waals surface area contributed by atoms with Gasteiger partial charge in [-0.15, -0.1) is 11.3 Å². The Hall–Kier alpha value is -2.18. The zero-order chi connectivity index (χ0) is 22.2. The molecular formula is C25H34N2O3S. The SMILES string of the molecule is Cc1ccsc1CN(Cc1ccccc1)C(=O)CN(CC1CCCO1)C(=O)CC(C)C. The fourth-order valence-electron chi connectivity index (χ4n) is 3.81. The number of aryl methyl sites for hydroxylation is 1. The van der Waals surface area contributed by atoms with Crippen molar-refractivity contribution < 1.29 is 14.3 Å². The molecule has 1 fully saturated rings. The quantitative estimate of drug-likeness (QED) is 0.539. The van der Waals surface area contributed by atoms with Crippen LogP contribution in [0.25, 0.3) is 0 Å². The zero-order valence-electron chi connectivity index (χ0n) is 18.9. The molecule has 2 aromatic rings. The molecule has 1 aromatic heterocycles. The lowest BCUT2D eigenvalue weighted by atomic mass is 10.1. The standard InChI is InChI=1S/C25H34N2O3S/c1-19(2)14-24(28)27(16-22-10-7-12-30-22)18-25(29)26(15-21-8-5-4-6-9-21)17-23-20(3)11-13-31-23/h4-6,8-9,11,13,19,22H,7,10,12,14-18H2,1-3H3. The van der Waals surface area contributed by atoms with Gasteiger partial charge in [0.1, 0.15) is 0 Å². The number of rotatable bonds is 10. The summed E-state index contributed by atoms with van der Waals surface area (Å²) in [7, 11) is 0. The lowest BCUT2D eigenvalue weighted by Gasteiger charge is -2.29. The average molecular weight is 443 g/mol. The van der Waals surface area contributed by atoms with Gasteiger partial charge in [-0.2, -0.15) is 0 Å². The van der Waals surface area contributed by atoms with E-state index in [2.05, 4.69) is 18.4 Å². The number of thiophene rings is 1. The normalized spacial score (nSPS) is 15.9. The summed E-state index contributed by atoms with van der Waals surface area (Å²) in [5.74, 6) is 0.265. The second-order valence-electron chi connectivity index (χ2n) is 8.77. The lowest BCUT2D eigenvalue weighted by molar-refractivity contribution is -0.142. The maximum atomic E-state index is 13.5. The van der Waals surface area contributed by atoms with Crippen LogP contribution < -0.4 is 0 Å². The van der Waals surface area contributed by atoms with Gasteiger partial charge in [-0.05, 0) is 48.3 Å². The predicted octanol–water partition coefficient (Wildman–Crippen LogP) is 4.64. The van der Waals surface area contributed by atoms with Crippen molar-refractivity contribution >= 4 is 23.2 Å². The summed E-state index contributed by atoms with van der Waals surface area (Å²) in [5, 5.41) is 2.06. The summed E-state index contributed by atoms with van der Waals surface area (Å²) >= 11 is 1.67. The molecule has 6 heteroatoms. The maximum absolute atomic E-state index is 13.5. The summed E-state index contributed by atoms with van der Waals surface area (Å²) in [6.45, 7) is 8.57. The zero-order valence-corrected chi connectivity index (χ0v) is 19.7. The van der Waals surface area contributed by atoms with Crippen molar-refractivity contribution in [2.45, 2.75) is 59.2 Å². The highest BCUT2D eigenvalue weighted by molar-refractivity contribution is 7.10. The Morgan fingerprint density at radius 2 is 1.87 bits per heavy atom. The van der Waals surface area contributed by atoms with E-state index < -0.39 is 0 Å². The van der Waals surface area contributed by atoms with Gasteiger partial charge in [0.05, 0.1) is 19.2 Å². The Kier molecular flexibility index (Phi) is 8.67. The van der Waals surface area contributed by atoms with Crippen molar-refractivity contribution in [1.29, 1.82) is 0 Å². The summed E-state index contributed by atoms with van der Waals surface area (Å²) in [6.07, 6.45) is 2.44. The molecule has 1 aliphatic rings. The van der Waals surface area contributed by atoms with Crippen LogP contribution >= 0.6 is 11.3 Å². The van der Waals surface area contributed by atoms with Crippen LogP contribution in [0.4, 0.5) is 0 Å². The first-order valence-corrected chi connectivity index (χ1v) is 12.0. The van der Waals surface area contributed by atoms with Crippen molar-refractivity contribution in [2.75, 3.05) is 19.7 Å². The molecule has 2 amide bonds. The summed E-state index contributed by atoms with van der Waals surface area (Å²) in [5.41, 5.74) is 2.28. The molecule has 3 rings (SSSR count). The van der Waals surface area contributed by atoms with Crippen LogP contribution in [0.15, 0.2) is 41.8 Å². The molecular weight excluding hydrogens is 408 g/mol. The molecule has 0 aliphatic carbocycles. The number of amides is 2. The van der Waals surface area contributed by atoms with Gasteiger partial charge in [-0.1, -0.05) is 44.2 Å².